The third-order valence-electron chi connectivity index (χ3n) is 3.08. The van der Waals surface area contributed by atoms with Gasteiger partial charge in [0.05, 0.1) is 16.7 Å². The summed E-state index contributed by atoms with van der Waals surface area (Å²) in [5.41, 5.74) is 3.13. The number of imidazole rings is 1. The highest BCUT2D eigenvalue weighted by Gasteiger charge is 2.09. The predicted molar refractivity (Wildman–Crippen MR) is 78.0 cm³/mol. The van der Waals surface area contributed by atoms with Gasteiger partial charge in [0.15, 0.2) is 0 Å². The molecule has 1 aromatic carbocycles. The fourth-order valence-corrected chi connectivity index (χ4v) is 2.72. The van der Waals surface area contributed by atoms with Crippen molar-refractivity contribution >= 4 is 27.0 Å². The molecule has 0 radical (unpaired) electrons. The van der Waals surface area contributed by atoms with Gasteiger partial charge in [-0.1, -0.05) is 12.1 Å². The lowest BCUT2D eigenvalue weighted by molar-refractivity contribution is 0.822. The van der Waals surface area contributed by atoms with E-state index >= 15 is 0 Å². The molecule has 0 saturated carbocycles. The zero-order valence-corrected chi connectivity index (χ0v) is 12.3. The van der Waals surface area contributed by atoms with Crippen LogP contribution in [0.3, 0.4) is 0 Å². The van der Waals surface area contributed by atoms with Crippen molar-refractivity contribution in [2.24, 2.45) is 7.05 Å². The first kappa shape index (κ1) is 12.3. The molecule has 0 aliphatic rings. The van der Waals surface area contributed by atoms with Crippen LogP contribution in [0.25, 0.3) is 11.0 Å². The van der Waals surface area contributed by atoms with Gasteiger partial charge in [-0.2, -0.15) is 0 Å². The van der Waals surface area contributed by atoms with Crippen LogP contribution in [0.1, 0.15) is 17.3 Å². The summed E-state index contributed by atoms with van der Waals surface area (Å²) in [6.07, 6.45) is 0.702. The summed E-state index contributed by atoms with van der Waals surface area (Å²) in [6, 6.07) is 10.1. The van der Waals surface area contributed by atoms with Crippen molar-refractivity contribution in [2.75, 3.05) is 0 Å². The Morgan fingerprint density at radius 3 is 2.68 bits per heavy atom. The molecule has 5 heteroatoms. The quantitative estimate of drug-likeness (QED) is 0.683. The minimum absolute atomic E-state index is 0.702. The molecule has 0 unspecified atom stereocenters. The second-order valence-corrected chi connectivity index (χ2v) is 5.29. The monoisotopic (exact) mass is 316 g/mol. The van der Waals surface area contributed by atoms with E-state index in [9.17, 15) is 0 Å². The topological polar surface area (TPSA) is 43.6 Å². The van der Waals surface area contributed by atoms with Crippen LogP contribution in [0.5, 0.6) is 0 Å². The largest absolute Gasteiger partial charge is 0.331 e. The summed E-state index contributed by atoms with van der Waals surface area (Å²) >= 11 is 3.40. The molecule has 0 saturated heterocycles. The highest BCUT2D eigenvalue weighted by Crippen LogP contribution is 2.17. The normalized spacial score (nSPS) is 11.1. The van der Waals surface area contributed by atoms with Crippen LogP contribution in [-0.4, -0.2) is 19.5 Å². The number of benzene rings is 1. The first-order valence-electron chi connectivity index (χ1n) is 6.04. The molecule has 0 atom stereocenters. The van der Waals surface area contributed by atoms with Crippen LogP contribution in [-0.2, 0) is 13.5 Å². The first-order valence-corrected chi connectivity index (χ1v) is 6.83. The fraction of sp³-hybridized carbons (Fsp3) is 0.214. The molecule has 3 rings (SSSR count). The molecule has 2 heterocycles. The zero-order valence-electron chi connectivity index (χ0n) is 10.8. The summed E-state index contributed by atoms with van der Waals surface area (Å²) in [4.78, 5) is 13.3. The fourth-order valence-electron chi connectivity index (χ4n) is 2.20. The average Bonchev–Trinajstić information content (AvgIpc) is 2.66. The summed E-state index contributed by atoms with van der Waals surface area (Å²) < 4.78 is 2.93. The van der Waals surface area contributed by atoms with Crippen LogP contribution < -0.4 is 0 Å². The molecule has 0 spiro atoms. The Balaban J connectivity index is 2.03. The van der Waals surface area contributed by atoms with E-state index in [1.807, 2.05) is 38.2 Å². The van der Waals surface area contributed by atoms with Crippen molar-refractivity contribution in [3.05, 3.63) is 52.3 Å². The van der Waals surface area contributed by atoms with Gasteiger partial charge in [-0.3, -0.25) is 0 Å². The molecule has 96 valence electrons. The third kappa shape index (κ3) is 2.38. The Morgan fingerprint density at radius 2 is 1.95 bits per heavy atom. The highest BCUT2D eigenvalue weighted by atomic mass is 79.9. The van der Waals surface area contributed by atoms with E-state index in [4.69, 9.17) is 0 Å². The molecule has 0 fully saturated rings. The van der Waals surface area contributed by atoms with E-state index in [-0.39, 0.29) is 0 Å². The highest BCUT2D eigenvalue weighted by molar-refractivity contribution is 9.10. The van der Waals surface area contributed by atoms with Crippen LogP contribution in [0, 0.1) is 6.92 Å². The van der Waals surface area contributed by atoms with Gasteiger partial charge < -0.3 is 4.57 Å². The van der Waals surface area contributed by atoms with Crippen molar-refractivity contribution in [2.45, 2.75) is 13.3 Å². The standard InChI is InChI=1S/C14H13BrN4/c1-9-16-10(7-13(15)17-9)8-14-18-11-5-3-4-6-12(11)19(14)2/h3-7H,8H2,1-2H3. The SMILES string of the molecule is Cc1nc(Br)cc(Cc2nc3ccccc3n2C)n1. The zero-order chi connectivity index (χ0) is 13.4. The minimum atomic E-state index is 0.702. The van der Waals surface area contributed by atoms with Crippen molar-refractivity contribution < 1.29 is 0 Å². The number of para-hydroxylation sites is 2. The molecule has 0 aliphatic carbocycles. The molecule has 0 bridgehead atoms. The lowest BCUT2D eigenvalue weighted by Crippen LogP contribution is -2.02. The number of fused-ring (bicyclic) bond motifs is 1. The maximum absolute atomic E-state index is 4.65. The molecule has 3 aromatic rings. The molecule has 0 N–H and O–H groups in total. The van der Waals surface area contributed by atoms with Gasteiger partial charge >= 0.3 is 0 Å². The summed E-state index contributed by atoms with van der Waals surface area (Å²) in [5.74, 6) is 1.77. The number of rotatable bonds is 2. The second kappa shape index (κ2) is 4.74. The van der Waals surface area contributed by atoms with Gasteiger partial charge in [0.2, 0.25) is 0 Å². The van der Waals surface area contributed by atoms with Gasteiger partial charge in [0, 0.05) is 13.5 Å². The number of aromatic nitrogens is 4. The lowest BCUT2D eigenvalue weighted by atomic mass is 10.3. The molecule has 2 aromatic heterocycles. The Labute approximate surface area is 119 Å². The van der Waals surface area contributed by atoms with Crippen LogP contribution >= 0.6 is 15.9 Å². The third-order valence-corrected chi connectivity index (χ3v) is 3.48. The predicted octanol–water partition coefficient (Wildman–Crippen LogP) is 3.03. The molecule has 0 amide bonds. The Morgan fingerprint density at radius 1 is 1.16 bits per heavy atom. The lowest BCUT2D eigenvalue weighted by Gasteiger charge is -2.03. The van der Waals surface area contributed by atoms with Crippen molar-refractivity contribution in [1.82, 2.24) is 19.5 Å². The number of halogens is 1. The Hall–Kier alpha value is -1.75. The van der Waals surface area contributed by atoms with E-state index in [1.54, 1.807) is 0 Å². The van der Waals surface area contributed by atoms with Gasteiger partial charge in [-0.25, -0.2) is 15.0 Å². The van der Waals surface area contributed by atoms with Crippen molar-refractivity contribution in [1.29, 1.82) is 0 Å². The minimum Gasteiger partial charge on any atom is -0.331 e. The van der Waals surface area contributed by atoms with Gasteiger partial charge in [0.25, 0.3) is 0 Å². The van der Waals surface area contributed by atoms with Crippen molar-refractivity contribution in [3.8, 4) is 0 Å². The summed E-state index contributed by atoms with van der Waals surface area (Å²) in [6.45, 7) is 1.89. The smallest absolute Gasteiger partial charge is 0.126 e. The van der Waals surface area contributed by atoms with Crippen LogP contribution in [0.15, 0.2) is 34.9 Å². The van der Waals surface area contributed by atoms with Crippen LogP contribution in [0.2, 0.25) is 0 Å². The first-order chi connectivity index (χ1) is 9.13. The summed E-state index contributed by atoms with van der Waals surface area (Å²) in [5, 5.41) is 0. The second-order valence-electron chi connectivity index (χ2n) is 4.48. The van der Waals surface area contributed by atoms with Gasteiger partial charge in [0.1, 0.15) is 16.3 Å². The number of hydrogen-bond acceptors (Lipinski definition) is 3. The Kier molecular flexibility index (Phi) is 3.06. The van der Waals surface area contributed by atoms with Gasteiger partial charge in [-0.05, 0) is 41.1 Å². The molecular weight excluding hydrogens is 304 g/mol. The van der Waals surface area contributed by atoms with E-state index in [1.165, 1.54) is 0 Å². The average molecular weight is 317 g/mol. The number of hydrogen-bond donors (Lipinski definition) is 0. The molecule has 19 heavy (non-hydrogen) atoms. The molecule has 4 nitrogen and oxygen atoms in total. The maximum atomic E-state index is 4.65. The maximum Gasteiger partial charge on any atom is 0.126 e. The van der Waals surface area contributed by atoms with Gasteiger partial charge in [-0.15, -0.1) is 0 Å². The molecular formula is C14H13BrN4. The van der Waals surface area contributed by atoms with Crippen molar-refractivity contribution in [3.63, 3.8) is 0 Å². The number of aryl methyl sites for hydroxylation is 2. The van der Waals surface area contributed by atoms with E-state index < -0.39 is 0 Å². The van der Waals surface area contributed by atoms with E-state index in [2.05, 4.69) is 41.5 Å². The molecule has 0 aliphatic heterocycles. The van der Waals surface area contributed by atoms with E-state index in [0.29, 0.717) is 6.42 Å². The Bertz CT molecular complexity index is 728. The van der Waals surface area contributed by atoms with Crippen LogP contribution in [0.4, 0.5) is 0 Å². The van der Waals surface area contributed by atoms with E-state index in [0.717, 1.165) is 33.0 Å². The number of nitrogens with zero attached hydrogens (tertiary/aromatic N) is 4. The summed E-state index contributed by atoms with van der Waals surface area (Å²) in [7, 11) is 2.04.